The number of nitrogens with zero attached hydrogens (tertiary/aromatic N) is 3. The first kappa shape index (κ1) is 23.6. The Hall–Kier alpha value is -2.08. The number of aliphatic imine (C=N–C) groups is 1. The van der Waals surface area contributed by atoms with Crippen molar-refractivity contribution in [3.8, 4) is 0 Å². The van der Waals surface area contributed by atoms with Crippen molar-refractivity contribution in [2.45, 2.75) is 64.0 Å². The lowest BCUT2D eigenvalue weighted by molar-refractivity contribution is -0.135. The molecule has 1 aromatic carbocycles. The summed E-state index contributed by atoms with van der Waals surface area (Å²) in [5, 5.41) is 6.98. The molecule has 2 atom stereocenters. The standard InChI is InChI=1S/C25H41N5O/c1-4-26-25(27-18-23(29(2)3)17-20-11-7-5-8-12-20)28-22-15-16-30(19-22)24(31)21-13-9-6-10-14-21/h5,7-8,11-12,21-23H,4,6,9-10,13-19H2,1-3H3,(H2,26,27,28). The Morgan fingerprint density at radius 1 is 1.16 bits per heavy atom. The van der Waals surface area contributed by atoms with Crippen molar-refractivity contribution in [2.24, 2.45) is 10.9 Å². The number of hydrogen-bond donors (Lipinski definition) is 2. The van der Waals surface area contributed by atoms with E-state index in [4.69, 9.17) is 4.99 Å². The number of guanidine groups is 1. The van der Waals surface area contributed by atoms with Gasteiger partial charge in [0.1, 0.15) is 0 Å². The largest absolute Gasteiger partial charge is 0.357 e. The minimum absolute atomic E-state index is 0.258. The van der Waals surface area contributed by atoms with Gasteiger partial charge < -0.3 is 20.4 Å². The topological polar surface area (TPSA) is 60.0 Å². The summed E-state index contributed by atoms with van der Waals surface area (Å²) in [6.45, 7) is 5.31. The number of amides is 1. The van der Waals surface area contributed by atoms with Crippen molar-refractivity contribution in [3.05, 3.63) is 35.9 Å². The Kier molecular flexibility index (Phi) is 9.19. The van der Waals surface area contributed by atoms with Crippen LogP contribution in [-0.4, -0.2) is 74.0 Å². The molecule has 2 N–H and O–H groups in total. The van der Waals surface area contributed by atoms with Crippen LogP contribution in [0.5, 0.6) is 0 Å². The van der Waals surface area contributed by atoms with Crippen LogP contribution in [0.1, 0.15) is 51.0 Å². The Labute approximate surface area is 188 Å². The summed E-state index contributed by atoms with van der Waals surface area (Å²) >= 11 is 0. The Bertz CT molecular complexity index is 699. The van der Waals surface area contributed by atoms with Crippen LogP contribution in [0.15, 0.2) is 35.3 Å². The molecule has 2 fully saturated rings. The van der Waals surface area contributed by atoms with Crippen molar-refractivity contribution in [2.75, 3.05) is 40.3 Å². The third-order valence-corrected chi connectivity index (χ3v) is 6.64. The van der Waals surface area contributed by atoms with Gasteiger partial charge in [-0.25, -0.2) is 0 Å². The van der Waals surface area contributed by atoms with Crippen LogP contribution >= 0.6 is 0 Å². The molecule has 0 bridgehead atoms. The Morgan fingerprint density at radius 3 is 2.58 bits per heavy atom. The predicted molar refractivity (Wildman–Crippen MR) is 128 cm³/mol. The molecule has 1 saturated carbocycles. The fourth-order valence-corrected chi connectivity index (χ4v) is 4.69. The van der Waals surface area contributed by atoms with Gasteiger partial charge in [-0.05, 0) is 52.3 Å². The minimum Gasteiger partial charge on any atom is -0.357 e. The number of carbonyl (C=O) groups excluding carboxylic acids is 1. The van der Waals surface area contributed by atoms with Crippen LogP contribution in [0.25, 0.3) is 0 Å². The summed E-state index contributed by atoms with van der Waals surface area (Å²) in [5.41, 5.74) is 1.34. The smallest absolute Gasteiger partial charge is 0.225 e. The molecule has 2 aliphatic rings. The number of hydrogen-bond acceptors (Lipinski definition) is 3. The molecule has 1 saturated heterocycles. The van der Waals surface area contributed by atoms with Crippen LogP contribution in [-0.2, 0) is 11.2 Å². The van der Waals surface area contributed by atoms with Gasteiger partial charge in [0.05, 0.1) is 6.54 Å². The SMILES string of the molecule is CCNC(=NCC(Cc1ccccc1)N(C)C)NC1CCN(C(=O)C2CCCCC2)C1. The normalized spacial score (nSPS) is 21.4. The average Bonchev–Trinajstić information content (AvgIpc) is 3.25. The maximum atomic E-state index is 12.9. The molecule has 6 heteroatoms. The monoisotopic (exact) mass is 427 g/mol. The van der Waals surface area contributed by atoms with Gasteiger partial charge in [0, 0.05) is 37.6 Å². The first-order valence-corrected chi connectivity index (χ1v) is 12.1. The van der Waals surface area contributed by atoms with Crippen LogP contribution in [0.3, 0.4) is 0 Å². The highest BCUT2D eigenvalue weighted by Gasteiger charge is 2.31. The zero-order valence-corrected chi connectivity index (χ0v) is 19.6. The van der Waals surface area contributed by atoms with Gasteiger partial charge in [0.2, 0.25) is 5.91 Å². The molecule has 1 amide bonds. The fraction of sp³-hybridized carbons (Fsp3) is 0.680. The molecule has 0 radical (unpaired) electrons. The van der Waals surface area contributed by atoms with E-state index in [0.29, 0.717) is 11.9 Å². The summed E-state index contributed by atoms with van der Waals surface area (Å²) in [6.07, 6.45) is 7.82. The number of nitrogens with one attached hydrogen (secondary N) is 2. The Morgan fingerprint density at radius 2 is 1.90 bits per heavy atom. The number of benzene rings is 1. The van der Waals surface area contributed by atoms with E-state index in [1.54, 1.807) is 0 Å². The lowest BCUT2D eigenvalue weighted by Gasteiger charge is -2.26. The van der Waals surface area contributed by atoms with E-state index in [0.717, 1.165) is 57.8 Å². The van der Waals surface area contributed by atoms with E-state index < -0.39 is 0 Å². The second-order valence-electron chi connectivity index (χ2n) is 9.28. The van der Waals surface area contributed by atoms with Gasteiger partial charge in [-0.15, -0.1) is 0 Å². The molecule has 1 aromatic rings. The van der Waals surface area contributed by atoms with Crippen LogP contribution in [0.4, 0.5) is 0 Å². The van der Waals surface area contributed by atoms with E-state index in [9.17, 15) is 4.79 Å². The molecule has 3 rings (SSSR count). The quantitative estimate of drug-likeness (QED) is 0.495. The van der Waals surface area contributed by atoms with E-state index in [-0.39, 0.29) is 12.0 Å². The fourth-order valence-electron chi connectivity index (χ4n) is 4.69. The number of likely N-dealkylation sites (tertiary alicyclic amines) is 1. The van der Waals surface area contributed by atoms with E-state index in [1.807, 2.05) is 0 Å². The van der Waals surface area contributed by atoms with E-state index in [2.05, 4.69) is 71.8 Å². The lowest BCUT2D eigenvalue weighted by Crippen LogP contribution is -2.46. The summed E-state index contributed by atoms with van der Waals surface area (Å²) in [4.78, 5) is 22.1. The highest BCUT2D eigenvalue weighted by Crippen LogP contribution is 2.26. The van der Waals surface area contributed by atoms with Gasteiger partial charge in [-0.2, -0.15) is 0 Å². The molecule has 0 spiro atoms. The lowest BCUT2D eigenvalue weighted by atomic mass is 9.88. The zero-order chi connectivity index (χ0) is 22.1. The average molecular weight is 428 g/mol. The molecule has 31 heavy (non-hydrogen) atoms. The predicted octanol–water partition coefficient (Wildman–Crippen LogP) is 2.90. The summed E-state index contributed by atoms with van der Waals surface area (Å²) < 4.78 is 0. The van der Waals surface area contributed by atoms with Gasteiger partial charge in [0.25, 0.3) is 0 Å². The van der Waals surface area contributed by atoms with E-state index >= 15 is 0 Å². The third kappa shape index (κ3) is 7.23. The highest BCUT2D eigenvalue weighted by atomic mass is 16.2. The molecular formula is C25H41N5O. The molecular weight excluding hydrogens is 386 g/mol. The van der Waals surface area contributed by atoms with Crippen LogP contribution in [0.2, 0.25) is 0 Å². The van der Waals surface area contributed by atoms with Crippen LogP contribution < -0.4 is 10.6 Å². The van der Waals surface area contributed by atoms with Crippen molar-refractivity contribution in [1.82, 2.24) is 20.4 Å². The molecule has 1 aliphatic heterocycles. The summed E-state index contributed by atoms with van der Waals surface area (Å²) in [6, 6.07) is 11.2. The maximum absolute atomic E-state index is 12.9. The summed E-state index contributed by atoms with van der Waals surface area (Å²) in [7, 11) is 4.24. The first-order chi connectivity index (χ1) is 15.1. The molecule has 1 heterocycles. The molecule has 0 aromatic heterocycles. The first-order valence-electron chi connectivity index (χ1n) is 12.1. The Balaban J connectivity index is 1.54. The molecule has 6 nitrogen and oxygen atoms in total. The van der Waals surface area contributed by atoms with Gasteiger partial charge in [-0.3, -0.25) is 9.79 Å². The molecule has 1 aliphatic carbocycles. The van der Waals surface area contributed by atoms with Crippen molar-refractivity contribution < 1.29 is 4.79 Å². The number of carbonyl (C=O) groups is 1. The highest BCUT2D eigenvalue weighted by molar-refractivity contribution is 5.81. The minimum atomic E-state index is 0.258. The van der Waals surface area contributed by atoms with Crippen molar-refractivity contribution >= 4 is 11.9 Å². The molecule has 172 valence electrons. The zero-order valence-electron chi connectivity index (χ0n) is 19.6. The second kappa shape index (κ2) is 12.1. The third-order valence-electron chi connectivity index (χ3n) is 6.64. The molecule has 2 unspecified atom stereocenters. The second-order valence-corrected chi connectivity index (χ2v) is 9.28. The van der Waals surface area contributed by atoms with Gasteiger partial charge in [-0.1, -0.05) is 49.6 Å². The van der Waals surface area contributed by atoms with Crippen molar-refractivity contribution in [1.29, 1.82) is 0 Å². The van der Waals surface area contributed by atoms with Gasteiger partial charge in [0.15, 0.2) is 5.96 Å². The van der Waals surface area contributed by atoms with Crippen molar-refractivity contribution in [3.63, 3.8) is 0 Å². The number of likely N-dealkylation sites (N-methyl/N-ethyl adjacent to an activating group) is 1. The number of rotatable bonds is 8. The van der Waals surface area contributed by atoms with E-state index in [1.165, 1.54) is 24.8 Å². The summed E-state index contributed by atoms with van der Waals surface area (Å²) in [5.74, 6) is 1.49. The van der Waals surface area contributed by atoms with Crippen LogP contribution in [0, 0.1) is 5.92 Å². The van der Waals surface area contributed by atoms with Gasteiger partial charge >= 0.3 is 0 Å². The maximum Gasteiger partial charge on any atom is 0.225 e.